The molecule has 0 atom stereocenters. The highest BCUT2D eigenvalue weighted by atomic mass is 79.9. The summed E-state index contributed by atoms with van der Waals surface area (Å²) in [5.74, 6) is 0.674. The van der Waals surface area contributed by atoms with Crippen molar-refractivity contribution >= 4 is 38.1 Å². The van der Waals surface area contributed by atoms with Crippen molar-refractivity contribution in [3.63, 3.8) is 0 Å². The topological polar surface area (TPSA) is 50.3 Å². The minimum absolute atomic E-state index is 0.664. The van der Waals surface area contributed by atoms with Crippen LogP contribution < -0.4 is 15.0 Å². The highest BCUT2D eigenvalue weighted by molar-refractivity contribution is 9.10. The number of ether oxygens (including phenoxy) is 1. The fraction of sp³-hybridized carbons (Fsp3) is 0.385. The molecule has 1 N–H and O–H groups in total. The molecule has 2 aromatic rings. The number of halogens is 1. The predicted octanol–water partition coefficient (Wildman–Crippen LogP) is 3.30. The summed E-state index contributed by atoms with van der Waals surface area (Å²) in [5, 5.41) is 4.28. The Morgan fingerprint density at radius 1 is 1.45 bits per heavy atom. The smallest absolute Gasteiger partial charge is 0.231 e. The molecule has 2 heterocycles. The summed E-state index contributed by atoms with van der Waals surface area (Å²) in [6, 6.07) is 2.05. The molecule has 0 aliphatic heterocycles. The van der Waals surface area contributed by atoms with Gasteiger partial charge in [-0.15, -0.1) is 0 Å². The molecule has 20 heavy (non-hydrogen) atoms. The molecule has 0 bridgehead atoms. The highest BCUT2D eigenvalue weighted by Crippen LogP contribution is 2.31. The van der Waals surface area contributed by atoms with Crippen molar-refractivity contribution in [2.75, 3.05) is 31.4 Å². The second-order valence-electron chi connectivity index (χ2n) is 4.51. The fourth-order valence-electron chi connectivity index (χ4n) is 1.63. The van der Waals surface area contributed by atoms with Gasteiger partial charge in [0.05, 0.1) is 30.4 Å². The van der Waals surface area contributed by atoms with Crippen molar-refractivity contribution < 1.29 is 4.74 Å². The van der Waals surface area contributed by atoms with Gasteiger partial charge in [-0.05, 0) is 34.5 Å². The zero-order chi connectivity index (χ0) is 14.7. The normalized spacial score (nSPS) is 10.4. The highest BCUT2D eigenvalue weighted by Gasteiger charge is 2.13. The molecule has 0 aliphatic rings. The number of nitrogens with zero attached hydrogens (tertiary/aromatic N) is 3. The van der Waals surface area contributed by atoms with Crippen LogP contribution in [0.3, 0.4) is 0 Å². The number of anilines is 2. The van der Waals surface area contributed by atoms with E-state index in [9.17, 15) is 0 Å². The number of pyridine rings is 1. The van der Waals surface area contributed by atoms with Gasteiger partial charge in [-0.3, -0.25) is 0 Å². The largest absolute Gasteiger partial charge is 0.480 e. The van der Waals surface area contributed by atoms with E-state index in [1.807, 2.05) is 25.9 Å². The van der Waals surface area contributed by atoms with Crippen LogP contribution in [0.5, 0.6) is 5.88 Å². The molecule has 0 spiro atoms. The van der Waals surface area contributed by atoms with Crippen LogP contribution in [-0.4, -0.2) is 31.2 Å². The Morgan fingerprint density at radius 3 is 2.80 bits per heavy atom. The molecule has 0 aromatic carbocycles. The Labute approximate surface area is 131 Å². The van der Waals surface area contributed by atoms with Crippen LogP contribution in [0, 0.1) is 6.92 Å². The lowest BCUT2D eigenvalue weighted by atomic mass is 10.3. The molecule has 7 heteroatoms. The number of hydrogen-bond donors (Lipinski definition) is 1. The lowest BCUT2D eigenvalue weighted by Gasteiger charge is -2.07. The van der Waals surface area contributed by atoms with Crippen molar-refractivity contribution in [3.8, 4) is 5.88 Å². The number of aryl methyl sites for hydroxylation is 1. The molecule has 108 valence electrons. The van der Waals surface area contributed by atoms with E-state index in [0.29, 0.717) is 12.4 Å². The first-order chi connectivity index (χ1) is 9.51. The Hall–Kier alpha value is -1.34. The van der Waals surface area contributed by atoms with Crippen LogP contribution >= 0.6 is 27.3 Å². The van der Waals surface area contributed by atoms with Gasteiger partial charge in [0.15, 0.2) is 5.13 Å². The maximum atomic E-state index is 5.32. The number of nitrogens with one attached hydrogen (secondary N) is 1. The summed E-state index contributed by atoms with van der Waals surface area (Å²) in [7, 11) is 5.58. The molecule has 0 aliphatic carbocycles. The van der Waals surface area contributed by atoms with Crippen LogP contribution in [0.15, 0.2) is 16.9 Å². The van der Waals surface area contributed by atoms with Gasteiger partial charge in [0, 0.05) is 14.1 Å². The average molecular weight is 357 g/mol. The molecule has 0 saturated heterocycles. The molecule has 0 unspecified atom stereocenters. The first kappa shape index (κ1) is 15.1. The fourth-order valence-corrected chi connectivity index (χ4v) is 2.73. The SMILES string of the molecule is COc1nc(N(C)C)sc1CNc1cnc(Br)c(C)c1. The third kappa shape index (κ3) is 3.40. The van der Waals surface area contributed by atoms with Gasteiger partial charge < -0.3 is 15.0 Å². The molecule has 2 aromatic heterocycles. The van der Waals surface area contributed by atoms with Crippen LogP contribution in [0.25, 0.3) is 0 Å². The minimum atomic E-state index is 0.664. The van der Waals surface area contributed by atoms with E-state index in [4.69, 9.17) is 4.74 Å². The quantitative estimate of drug-likeness (QED) is 0.833. The van der Waals surface area contributed by atoms with Crippen molar-refractivity contribution in [1.82, 2.24) is 9.97 Å². The molecule has 0 radical (unpaired) electrons. The first-order valence-electron chi connectivity index (χ1n) is 6.08. The molecule has 0 fully saturated rings. The average Bonchev–Trinajstić information content (AvgIpc) is 2.83. The predicted molar refractivity (Wildman–Crippen MR) is 87.0 cm³/mol. The van der Waals surface area contributed by atoms with Gasteiger partial charge >= 0.3 is 0 Å². The zero-order valence-corrected chi connectivity index (χ0v) is 14.3. The maximum absolute atomic E-state index is 5.32. The Bertz CT molecular complexity index is 600. The molecule has 0 saturated carbocycles. The maximum Gasteiger partial charge on any atom is 0.231 e. The van der Waals surface area contributed by atoms with Gasteiger partial charge in [-0.1, -0.05) is 11.3 Å². The van der Waals surface area contributed by atoms with Gasteiger partial charge in [0.2, 0.25) is 5.88 Å². The summed E-state index contributed by atoms with van der Waals surface area (Å²) < 4.78 is 6.19. The molecular formula is C13H17BrN4OS. The van der Waals surface area contributed by atoms with E-state index in [1.54, 1.807) is 24.6 Å². The Morgan fingerprint density at radius 2 is 2.20 bits per heavy atom. The summed E-state index contributed by atoms with van der Waals surface area (Å²) >= 11 is 5.01. The van der Waals surface area contributed by atoms with Crippen LogP contribution in [0.4, 0.5) is 10.8 Å². The van der Waals surface area contributed by atoms with Crippen LogP contribution in [0.2, 0.25) is 0 Å². The van der Waals surface area contributed by atoms with Gasteiger partial charge in [0.1, 0.15) is 4.60 Å². The van der Waals surface area contributed by atoms with E-state index >= 15 is 0 Å². The molecule has 0 amide bonds. The van der Waals surface area contributed by atoms with E-state index in [-0.39, 0.29) is 0 Å². The summed E-state index contributed by atoms with van der Waals surface area (Å²) in [6.45, 7) is 2.68. The number of aromatic nitrogens is 2. The lowest BCUT2D eigenvalue weighted by molar-refractivity contribution is 0.397. The van der Waals surface area contributed by atoms with Crippen molar-refractivity contribution in [2.45, 2.75) is 13.5 Å². The van der Waals surface area contributed by atoms with Gasteiger partial charge in [0.25, 0.3) is 0 Å². The summed E-state index contributed by atoms with van der Waals surface area (Å²) in [4.78, 5) is 11.7. The number of rotatable bonds is 5. The second-order valence-corrected chi connectivity index (χ2v) is 6.32. The molecule has 2 rings (SSSR count). The Kier molecular flexibility index (Phi) is 4.82. The van der Waals surface area contributed by atoms with E-state index in [0.717, 1.165) is 25.9 Å². The van der Waals surface area contributed by atoms with E-state index in [1.165, 1.54) is 0 Å². The zero-order valence-electron chi connectivity index (χ0n) is 11.9. The monoisotopic (exact) mass is 356 g/mol. The Balaban J connectivity index is 2.11. The van der Waals surface area contributed by atoms with Gasteiger partial charge in [-0.25, -0.2) is 4.98 Å². The first-order valence-corrected chi connectivity index (χ1v) is 7.69. The van der Waals surface area contributed by atoms with Crippen molar-refractivity contribution in [1.29, 1.82) is 0 Å². The van der Waals surface area contributed by atoms with E-state index in [2.05, 4.69) is 37.3 Å². The summed E-state index contributed by atoms with van der Waals surface area (Å²) in [6.07, 6.45) is 1.80. The molecule has 5 nitrogen and oxygen atoms in total. The van der Waals surface area contributed by atoms with Gasteiger partial charge in [-0.2, -0.15) is 4.98 Å². The number of thiazole rings is 1. The van der Waals surface area contributed by atoms with Crippen LogP contribution in [0.1, 0.15) is 10.4 Å². The summed E-state index contributed by atoms with van der Waals surface area (Å²) in [5.41, 5.74) is 2.08. The second kappa shape index (κ2) is 6.41. The van der Waals surface area contributed by atoms with Crippen molar-refractivity contribution in [3.05, 3.63) is 27.3 Å². The van der Waals surface area contributed by atoms with Crippen molar-refractivity contribution in [2.24, 2.45) is 0 Å². The lowest BCUT2D eigenvalue weighted by Crippen LogP contribution is -2.07. The third-order valence-electron chi connectivity index (χ3n) is 2.69. The minimum Gasteiger partial charge on any atom is -0.480 e. The molecular weight excluding hydrogens is 340 g/mol. The third-order valence-corrected chi connectivity index (χ3v) is 4.73. The van der Waals surface area contributed by atoms with Crippen LogP contribution in [-0.2, 0) is 6.54 Å². The van der Waals surface area contributed by atoms with E-state index < -0.39 is 0 Å². The number of hydrogen-bond acceptors (Lipinski definition) is 6. The standard InChI is InChI=1S/C13H17BrN4OS/c1-8-5-9(6-16-11(8)14)15-7-10-12(19-4)17-13(20-10)18(2)3/h5-6,15H,7H2,1-4H3. The number of methoxy groups -OCH3 is 1.